The molecule has 0 saturated heterocycles. The van der Waals surface area contributed by atoms with Gasteiger partial charge in [-0.25, -0.2) is 4.79 Å². The van der Waals surface area contributed by atoms with Gasteiger partial charge in [-0.2, -0.15) is 4.99 Å². The van der Waals surface area contributed by atoms with Crippen LogP contribution in [0.25, 0.3) is 0 Å². The van der Waals surface area contributed by atoms with E-state index in [1.165, 1.54) is 6.08 Å². The van der Waals surface area contributed by atoms with Gasteiger partial charge in [0.25, 0.3) is 0 Å². The zero-order chi connectivity index (χ0) is 10.1. The van der Waals surface area contributed by atoms with Gasteiger partial charge in [-0.3, -0.25) is 4.99 Å². The predicted octanol–water partition coefficient (Wildman–Crippen LogP) is -1.06. The maximum absolute atomic E-state index is 10.3. The monoisotopic (exact) mass is 184 g/mol. The second-order valence-electron chi connectivity index (χ2n) is 2.37. The van der Waals surface area contributed by atoms with Crippen LogP contribution in [0.3, 0.4) is 0 Å². The van der Waals surface area contributed by atoms with Crippen molar-refractivity contribution in [3.8, 4) is 0 Å². The molecule has 6 heteroatoms. The van der Waals surface area contributed by atoms with Crippen molar-refractivity contribution in [2.24, 2.45) is 21.5 Å². The van der Waals surface area contributed by atoms with Crippen molar-refractivity contribution in [3.05, 3.63) is 0 Å². The van der Waals surface area contributed by atoms with E-state index in [4.69, 9.17) is 11.5 Å². The molecule has 0 aliphatic rings. The quantitative estimate of drug-likeness (QED) is 0.180. The van der Waals surface area contributed by atoms with Gasteiger partial charge < -0.3 is 16.3 Å². The van der Waals surface area contributed by atoms with E-state index in [9.17, 15) is 9.59 Å². The molecule has 0 unspecified atom stereocenters. The fraction of sp³-hybridized carbons (Fsp3) is 0.571. The molecule has 0 spiro atoms. The summed E-state index contributed by atoms with van der Waals surface area (Å²) in [4.78, 5) is 27.0. The summed E-state index contributed by atoms with van der Waals surface area (Å²) in [6, 6.07) is -0.619. The third kappa shape index (κ3) is 6.71. The van der Waals surface area contributed by atoms with E-state index >= 15 is 0 Å². The minimum atomic E-state index is -0.619. The van der Waals surface area contributed by atoms with E-state index in [1.807, 2.05) is 0 Å². The molecule has 0 aliphatic heterocycles. The van der Waals surface area contributed by atoms with Crippen LogP contribution in [-0.2, 0) is 9.59 Å². The van der Waals surface area contributed by atoms with Gasteiger partial charge in [0.15, 0.2) is 5.96 Å². The van der Waals surface area contributed by atoms with Crippen LogP contribution in [0.1, 0.15) is 12.8 Å². The Morgan fingerprint density at radius 1 is 1.54 bits per heavy atom. The van der Waals surface area contributed by atoms with E-state index in [0.717, 1.165) is 0 Å². The van der Waals surface area contributed by atoms with E-state index in [-0.39, 0.29) is 5.96 Å². The average molecular weight is 184 g/mol. The number of guanidine groups is 1. The molecule has 72 valence electrons. The molecule has 4 N–H and O–H groups in total. The van der Waals surface area contributed by atoms with E-state index in [2.05, 4.69) is 9.98 Å². The lowest BCUT2D eigenvalue weighted by Gasteiger charge is -1.99. The fourth-order valence-corrected chi connectivity index (χ4v) is 0.739. The maximum Gasteiger partial charge on any atom is 0.235 e. The lowest BCUT2D eigenvalue weighted by atomic mass is 10.2. The van der Waals surface area contributed by atoms with Crippen molar-refractivity contribution < 1.29 is 9.59 Å². The average Bonchev–Trinajstić information content (AvgIpc) is 2.10. The predicted molar refractivity (Wildman–Crippen MR) is 47.9 cm³/mol. The van der Waals surface area contributed by atoms with Crippen LogP contribution in [0.5, 0.6) is 0 Å². The highest BCUT2D eigenvalue weighted by Gasteiger charge is 2.03. The van der Waals surface area contributed by atoms with Crippen LogP contribution in [0.15, 0.2) is 9.98 Å². The van der Waals surface area contributed by atoms with Crippen LogP contribution in [0.2, 0.25) is 0 Å². The number of carbonyl (C=O) groups is 1. The standard InChI is InChI=1S/C7H12N4O2/c8-7(9)10-3-1-2-6(4-12)11-5-13/h4,6H,1-3H2,(H4,8,9,10)/t6-/m0/s1. The number of hydrogen-bond acceptors (Lipinski definition) is 4. The van der Waals surface area contributed by atoms with Crippen LogP contribution in [0.4, 0.5) is 0 Å². The summed E-state index contributed by atoms with van der Waals surface area (Å²) in [5, 5.41) is 0. The summed E-state index contributed by atoms with van der Waals surface area (Å²) < 4.78 is 0. The van der Waals surface area contributed by atoms with Gasteiger partial charge in [0.2, 0.25) is 6.08 Å². The normalized spacial score (nSPS) is 11.1. The first-order valence-electron chi connectivity index (χ1n) is 3.78. The first-order chi connectivity index (χ1) is 6.20. The van der Waals surface area contributed by atoms with Crippen molar-refractivity contribution in [1.29, 1.82) is 0 Å². The van der Waals surface area contributed by atoms with Crippen molar-refractivity contribution in [2.75, 3.05) is 6.54 Å². The summed E-state index contributed by atoms with van der Waals surface area (Å²) in [6.07, 6.45) is 2.98. The van der Waals surface area contributed by atoms with Gasteiger partial charge in [-0.05, 0) is 12.8 Å². The van der Waals surface area contributed by atoms with Gasteiger partial charge in [0.05, 0.1) is 0 Å². The van der Waals surface area contributed by atoms with E-state index in [0.29, 0.717) is 25.7 Å². The summed E-state index contributed by atoms with van der Waals surface area (Å²) >= 11 is 0. The second kappa shape index (κ2) is 7.00. The zero-order valence-corrected chi connectivity index (χ0v) is 7.14. The maximum atomic E-state index is 10.3. The molecule has 1 atom stereocenters. The molecular weight excluding hydrogens is 172 g/mol. The molecule has 0 aliphatic carbocycles. The number of nitrogens with zero attached hydrogens (tertiary/aromatic N) is 2. The largest absolute Gasteiger partial charge is 0.370 e. The Balaban J connectivity index is 3.67. The molecule has 0 saturated carbocycles. The number of aldehydes is 1. The van der Waals surface area contributed by atoms with Crippen LogP contribution in [-0.4, -0.2) is 30.9 Å². The molecule has 13 heavy (non-hydrogen) atoms. The lowest BCUT2D eigenvalue weighted by molar-refractivity contribution is -0.108. The third-order valence-corrected chi connectivity index (χ3v) is 1.33. The topological polar surface area (TPSA) is 111 Å². The number of hydrogen-bond donors (Lipinski definition) is 2. The molecule has 0 aromatic rings. The molecular formula is C7H12N4O2. The molecule has 0 aromatic carbocycles. The number of carbonyl (C=O) groups excluding carboxylic acids is 2. The first-order valence-corrected chi connectivity index (χ1v) is 3.78. The Morgan fingerprint density at radius 2 is 2.23 bits per heavy atom. The minimum Gasteiger partial charge on any atom is -0.370 e. The van der Waals surface area contributed by atoms with E-state index in [1.54, 1.807) is 0 Å². The zero-order valence-electron chi connectivity index (χ0n) is 7.14. The molecule has 0 heterocycles. The molecule has 0 radical (unpaired) electrons. The van der Waals surface area contributed by atoms with Crippen molar-refractivity contribution in [1.82, 2.24) is 0 Å². The SMILES string of the molecule is NC(N)=NCCC[C@@H](C=O)N=C=O. The van der Waals surface area contributed by atoms with Crippen LogP contribution >= 0.6 is 0 Å². The molecule has 0 rings (SSSR count). The molecule has 0 bridgehead atoms. The highest BCUT2D eigenvalue weighted by Crippen LogP contribution is 1.98. The number of isocyanates is 1. The Morgan fingerprint density at radius 3 is 2.69 bits per heavy atom. The molecule has 6 nitrogen and oxygen atoms in total. The fourth-order valence-electron chi connectivity index (χ4n) is 0.739. The van der Waals surface area contributed by atoms with Gasteiger partial charge in [-0.15, -0.1) is 0 Å². The Hall–Kier alpha value is -1.68. The van der Waals surface area contributed by atoms with E-state index < -0.39 is 6.04 Å². The highest BCUT2D eigenvalue weighted by atomic mass is 16.1. The molecule has 0 amide bonds. The van der Waals surface area contributed by atoms with Gasteiger partial charge in [-0.1, -0.05) is 0 Å². The minimum absolute atomic E-state index is 0.0153. The van der Waals surface area contributed by atoms with Gasteiger partial charge in [0, 0.05) is 6.54 Å². The summed E-state index contributed by atoms with van der Waals surface area (Å²) in [7, 11) is 0. The Bertz CT molecular complexity index is 229. The van der Waals surface area contributed by atoms with Gasteiger partial charge in [0.1, 0.15) is 12.3 Å². The van der Waals surface area contributed by atoms with Crippen LogP contribution < -0.4 is 11.5 Å². The van der Waals surface area contributed by atoms with Gasteiger partial charge >= 0.3 is 0 Å². The molecule has 0 aromatic heterocycles. The second-order valence-corrected chi connectivity index (χ2v) is 2.37. The summed E-state index contributed by atoms with van der Waals surface area (Å²) in [5.74, 6) is 0.0153. The van der Waals surface area contributed by atoms with Crippen LogP contribution in [0, 0.1) is 0 Å². The third-order valence-electron chi connectivity index (χ3n) is 1.33. The van der Waals surface area contributed by atoms with Crippen molar-refractivity contribution in [2.45, 2.75) is 18.9 Å². The molecule has 0 fully saturated rings. The van der Waals surface area contributed by atoms with Crippen molar-refractivity contribution >= 4 is 18.3 Å². The lowest BCUT2D eigenvalue weighted by Crippen LogP contribution is -2.23. The van der Waals surface area contributed by atoms with Crippen molar-refractivity contribution in [3.63, 3.8) is 0 Å². The highest BCUT2D eigenvalue weighted by molar-refractivity contribution is 5.75. The number of rotatable bonds is 6. The number of aliphatic imine (C=N–C) groups is 2. The first kappa shape index (κ1) is 11.3. The Labute approximate surface area is 75.7 Å². The number of nitrogens with two attached hydrogens (primary N) is 2. The summed E-state index contributed by atoms with van der Waals surface area (Å²) in [6.45, 7) is 0.432. The summed E-state index contributed by atoms with van der Waals surface area (Å²) in [5.41, 5.74) is 10.1. The Kier molecular flexibility index (Phi) is 6.09. The smallest absolute Gasteiger partial charge is 0.235 e.